The fraction of sp³-hybridized carbons (Fsp3) is 0.500. The summed E-state index contributed by atoms with van der Waals surface area (Å²) >= 11 is 0. The van der Waals surface area contributed by atoms with Crippen molar-refractivity contribution >= 4 is 10.9 Å². The Kier molecular flexibility index (Phi) is 5.60. The van der Waals surface area contributed by atoms with Crippen LogP contribution in [0.15, 0.2) is 35.3 Å². The molecule has 0 saturated heterocycles. The molecule has 1 saturated carbocycles. The quantitative estimate of drug-likeness (QED) is 0.670. The van der Waals surface area contributed by atoms with Gasteiger partial charge in [0.15, 0.2) is 0 Å². The standard InChI is InChI=1S/C22H27NO2/c1-2-3-9-16-23-17-18(12-15-22(25)13-7-4-8-14-22)21(24)19-10-5-6-11-20(19)23/h5-6,10-11,17,25H,2-4,7-9,13-14,16H2,1H3. The van der Waals surface area contributed by atoms with Gasteiger partial charge in [-0.1, -0.05) is 50.2 Å². The molecule has 25 heavy (non-hydrogen) atoms. The van der Waals surface area contributed by atoms with Crippen LogP contribution in [-0.2, 0) is 6.54 Å². The van der Waals surface area contributed by atoms with E-state index in [1.807, 2.05) is 30.5 Å². The lowest BCUT2D eigenvalue weighted by atomic mass is 9.85. The monoisotopic (exact) mass is 337 g/mol. The van der Waals surface area contributed by atoms with Crippen molar-refractivity contribution in [3.05, 3.63) is 46.2 Å². The first-order chi connectivity index (χ1) is 12.1. The smallest absolute Gasteiger partial charge is 0.204 e. The van der Waals surface area contributed by atoms with Crippen LogP contribution < -0.4 is 5.43 Å². The van der Waals surface area contributed by atoms with Crippen molar-refractivity contribution in [3.63, 3.8) is 0 Å². The van der Waals surface area contributed by atoms with Crippen LogP contribution in [0, 0.1) is 11.8 Å². The molecule has 0 amide bonds. The average molecular weight is 337 g/mol. The Morgan fingerprint density at radius 1 is 1.16 bits per heavy atom. The number of aryl methyl sites for hydroxylation is 1. The molecule has 1 aliphatic rings. The molecule has 0 atom stereocenters. The van der Waals surface area contributed by atoms with Crippen LogP contribution >= 0.6 is 0 Å². The maximum Gasteiger partial charge on any atom is 0.204 e. The normalized spacial score (nSPS) is 16.4. The zero-order chi connectivity index (χ0) is 17.7. The van der Waals surface area contributed by atoms with Crippen molar-refractivity contribution in [1.82, 2.24) is 4.57 Å². The molecule has 2 aromatic rings. The number of fused-ring (bicyclic) bond motifs is 1. The first kappa shape index (κ1) is 17.8. The number of hydrogen-bond acceptors (Lipinski definition) is 2. The third-order valence-electron chi connectivity index (χ3n) is 5.10. The Morgan fingerprint density at radius 3 is 2.68 bits per heavy atom. The van der Waals surface area contributed by atoms with Gasteiger partial charge in [0.05, 0.1) is 11.1 Å². The number of hydrogen-bond donors (Lipinski definition) is 1. The molecule has 0 unspecified atom stereocenters. The zero-order valence-electron chi connectivity index (χ0n) is 15.1. The minimum Gasteiger partial charge on any atom is -0.378 e. The van der Waals surface area contributed by atoms with E-state index >= 15 is 0 Å². The Labute approximate surface area is 149 Å². The number of benzene rings is 1. The second-order valence-electron chi connectivity index (χ2n) is 7.13. The summed E-state index contributed by atoms with van der Waals surface area (Å²) in [6.45, 7) is 3.07. The average Bonchev–Trinajstić information content (AvgIpc) is 2.63. The van der Waals surface area contributed by atoms with Gasteiger partial charge < -0.3 is 9.67 Å². The van der Waals surface area contributed by atoms with E-state index in [1.165, 1.54) is 6.42 Å². The van der Waals surface area contributed by atoms with Gasteiger partial charge in [-0.15, -0.1) is 0 Å². The second kappa shape index (κ2) is 7.89. The fourth-order valence-electron chi connectivity index (χ4n) is 3.60. The number of aromatic nitrogens is 1. The molecule has 0 radical (unpaired) electrons. The summed E-state index contributed by atoms with van der Waals surface area (Å²) in [5, 5.41) is 11.3. The highest BCUT2D eigenvalue weighted by Crippen LogP contribution is 2.27. The maximum absolute atomic E-state index is 12.8. The van der Waals surface area contributed by atoms with Gasteiger partial charge in [0.1, 0.15) is 5.60 Å². The van der Waals surface area contributed by atoms with E-state index in [1.54, 1.807) is 0 Å². The van der Waals surface area contributed by atoms with Crippen molar-refractivity contribution < 1.29 is 5.11 Å². The summed E-state index contributed by atoms with van der Waals surface area (Å²) in [6, 6.07) is 7.73. The molecule has 0 aliphatic heterocycles. The number of aliphatic hydroxyl groups is 1. The molecule has 3 rings (SSSR count). The van der Waals surface area contributed by atoms with Crippen LogP contribution in [0.2, 0.25) is 0 Å². The van der Waals surface area contributed by atoms with E-state index < -0.39 is 5.60 Å². The molecule has 1 heterocycles. The molecule has 1 aromatic carbocycles. The van der Waals surface area contributed by atoms with E-state index in [9.17, 15) is 9.90 Å². The number of pyridine rings is 1. The molecule has 1 aromatic heterocycles. The molecule has 0 spiro atoms. The highest BCUT2D eigenvalue weighted by Gasteiger charge is 2.26. The summed E-state index contributed by atoms with van der Waals surface area (Å²) in [5.74, 6) is 6.02. The lowest BCUT2D eigenvalue weighted by Gasteiger charge is -2.26. The van der Waals surface area contributed by atoms with Crippen molar-refractivity contribution in [3.8, 4) is 11.8 Å². The first-order valence-electron chi connectivity index (χ1n) is 9.51. The fourth-order valence-corrected chi connectivity index (χ4v) is 3.60. The van der Waals surface area contributed by atoms with Crippen LogP contribution in [0.5, 0.6) is 0 Å². The third kappa shape index (κ3) is 4.14. The number of nitrogens with zero attached hydrogens (tertiary/aromatic N) is 1. The minimum atomic E-state index is -0.927. The molecule has 132 valence electrons. The van der Waals surface area contributed by atoms with E-state index in [4.69, 9.17) is 0 Å². The van der Waals surface area contributed by atoms with Gasteiger partial charge in [0.2, 0.25) is 5.43 Å². The predicted molar refractivity (Wildman–Crippen MR) is 103 cm³/mol. The number of para-hydroxylation sites is 1. The van der Waals surface area contributed by atoms with Crippen molar-refractivity contribution in [2.24, 2.45) is 0 Å². The van der Waals surface area contributed by atoms with Crippen molar-refractivity contribution in [2.45, 2.75) is 70.4 Å². The van der Waals surface area contributed by atoms with Gasteiger partial charge in [-0.05, 0) is 44.2 Å². The van der Waals surface area contributed by atoms with Crippen LogP contribution in [-0.4, -0.2) is 15.3 Å². The molecular weight excluding hydrogens is 310 g/mol. The second-order valence-corrected chi connectivity index (χ2v) is 7.13. The number of unbranched alkanes of at least 4 members (excludes halogenated alkanes) is 2. The lowest BCUT2D eigenvalue weighted by Crippen LogP contribution is -2.29. The van der Waals surface area contributed by atoms with Crippen LogP contribution in [0.3, 0.4) is 0 Å². The third-order valence-corrected chi connectivity index (χ3v) is 5.10. The predicted octanol–water partition coefficient (Wildman–Crippen LogP) is 4.24. The van der Waals surface area contributed by atoms with Gasteiger partial charge in [-0.3, -0.25) is 4.79 Å². The molecule has 0 bridgehead atoms. The summed E-state index contributed by atoms with van der Waals surface area (Å²) in [5.41, 5.74) is 0.498. The molecule has 3 heteroatoms. The minimum absolute atomic E-state index is 0.0331. The lowest BCUT2D eigenvalue weighted by molar-refractivity contribution is 0.0610. The van der Waals surface area contributed by atoms with Gasteiger partial charge in [-0.2, -0.15) is 0 Å². The molecular formula is C22H27NO2. The van der Waals surface area contributed by atoms with Gasteiger partial charge >= 0.3 is 0 Å². The van der Waals surface area contributed by atoms with Gasteiger partial charge in [0, 0.05) is 18.1 Å². The van der Waals surface area contributed by atoms with Crippen LogP contribution in [0.25, 0.3) is 10.9 Å². The van der Waals surface area contributed by atoms with E-state index in [0.29, 0.717) is 23.8 Å². The molecule has 3 nitrogen and oxygen atoms in total. The SMILES string of the molecule is CCCCCn1cc(C#CC2(O)CCCCC2)c(=O)c2ccccc21. The van der Waals surface area contributed by atoms with E-state index in [0.717, 1.165) is 44.2 Å². The Morgan fingerprint density at radius 2 is 1.92 bits per heavy atom. The molecule has 1 fully saturated rings. The van der Waals surface area contributed by atoms with Gasteiger partial charge in [0.25, 0.3) is 0 Å². The highest BCUT2D eigenvalue weighted by atomic mass is 16.3. The summed E-state index contributed by atoms with van der Waals surface area (Å²) in [7, 11) is 0. The Hall–Kier alpha value is -2.05. The van der Waals surface area contributed by atoms with Crippen molar-refractivity contribution in [2.75, 3.05) is 0 Å². The first-order valence-corrected chi connectivity index (χ1v) is 9.51. The van der Waals surface area contributed by atoms with E-state index in [-0.39, 0.29) is 5.43 Å². The number of rotatable bonds is 4. The maximum atomic E-state index is 12.8. The van der Waals surface area contributed by atoms with Crippen LogP contribution in [0.4, 0.5) is 0 Å². The summed E-state index contributed by atoms with van der Waals surface area (Å²) in [6.07, 6.45) is 9.87. The molecule has 1 aliphatic carbocycles. The Balaban J connectivity index is 2.00. The Bertz CT molecular complexity index is 848. The topological polar surface area (TPSA) is 42.2 Å². The summed E-state index contributed by atoms with van der Waals surface area (Å²) < 4.78 is 2.14. The largest absolute Gasteiger partial charge is 0.378 e. The van der Waals surface area contributed by atoms with Crippen LogP contribution in [0.1, 0.15) is 63.9 Å². The highest BCUT2D eigenvalue weighted by molar-refractivity contribution is 5.80. The van der Waals surface area contributed by atoms with E-state index in [2.05, 4.69) is 23.3 Å². The van der Waals surface area contributed by atoms with Gasteiger partial charge in [-0.25, -0.2) is 0 Å². The summed E-state index contributed by atoms with van der Waals surface area (Å²) in [4.78, 5) is 12.8. The zero-order valence-corrected chi connectivity index (χ0v) is 15.1. The molecule has 1 N–H and O–H groups in total. The van der Waals surface area contributed by atoms with Crippen molar-refractivity contribution in [1.29, 1.82) is 0 Å².